The number of hydrogen-bond donors (Lipinski definition) is 1. The summed E-state index contributed by atoms with van der Waals surface area (Å²) in [6.07, 6.45) is 2.54. The maximum Gasteiger partial charge on any atom is 0.309 e. The van der Waals surface area contributed by atoms with Crippen molar-refractivity contribution in [2.75, 3.05) is 0 Å². The van der Waals surface area contributed by atoms with Crippen molar-refractivity contribution in [2.24, 2.45) is 12.5 Å². The predicted molar refractivity (Wildman–Crippen MR) is 75.7 cm³/mol. The van der Waals surface area contributed by atoms with E-state index in [0.29, 0.717) is 6.42 Å². The van der Waals surface area contributed by atoms with Gasteiger partial charge in [-0.25, -0.2) is 0 Å². The number of aliphatic carboxylic acids is 1. The zero-order valence-corrected chi connectivity index (χ0v) is 12.3. The summed E-state index contributed by atoms with van der Waals surface area (Å²) in [7, 11) is 1.98. The number of hydrogen-bond acceptors (Lipinski definition) is 1. The number of fused-ring (bicyclic) bond motifs is 1. The summed E-state index contributed by atoms with van der Waals surface area (Å²) in [5, 5.41) is 10.3. The van der Waals surface area contributed by atoms with Crippen LogP contribution >= 0.6 is 15.9 Å². The molecule has 1 aromatic heterocycles. The summed E-state index contributed by atoms with van der Waals surface area (Å²) in [4.78, 5) is 11.2. The first-order chi connectivity index (χ1) is 8.33. The summed E-state index contributed by atoms with van der Waals surface area (Å²) >= 11 is 3.53. The molecule has 96 valence electrons. The maximum atomic E-state index is 11.2. The molecular weight excluding hydrogens is 294 g/mol. The minimum Gasteiger partial charge on any atom is -0.481 e. The molecule has 1 N–H and O–H groups in total. The highest BCUT2D eigenvalue weighted by Gasteiger charge is 2.28. The minimum absolute atomic E-state index is 0.524. The Labute approximate surface area is 115 Å². The Morgan fingerprint density at radius 1 is 1.44 bits per heavy atom. The van der Waals surface area contributed by atoms with E-state index in [2.05, 4.69) is 15.9 Å². The van der Waals surface area contributed by atoms with Gasteiger partial charge in [-0.15, -0.1) is 0 Å². The first-order valence-electron chi connectivity index (χ1n) is 5.79. The first kappa shape index (κ1) is 13.1. The normalized spacial score (nSPS) is 12.0. The van der Waals surface area contributed by atoms with Gasteiger partial charge in [-0.3, -0.25) is 4.79 Å². The van der Waals surface area contributed by atoms with Crippen LogP contribution in [0.2, 0.25) is 0 Å². The molecular formula is C14H16BrNO2. The number of rotatable bonds is 3. The van der Waals surface area contributed by atoms with Crippen molar-refractivity contribution < 1.29 is 9.90 Å². The number of aryl methyl sites for hydroxylation is 1. The van der Waals surface area contributed by atoms with Crippen molar-refractivity contribution in [3.63, 3.8) is 0 Å². The van der Waals surface area contributed by atoms with Gasteiger partial charge >= 0.3 is 5.97 Å². The van der Waals surface area contributed by atoms with Crippen LogP contribution in [0.15, 0.2) is 28.9 Å². The van der Waals surface area contributed by atoms with Gasteiger partial charge in [-0.2, -0.15) is 0 Å². The summed E-state index contributed by atoms with van der Waals surface area (Å²) in [5.74, 6) is -0.769. The lowest BCUT2D eigenvalue weighted by Crippen LogP contribution is -2.26. The predicted octanol–water partition coefficient (Wildman–Crippen LogP) is 3.59. The number of halogens is 1. The molecule has 0 unspecified atom stereocenters. The van der Waals surface area contributed by atoms with Crippen LogP contribution in [-0.2, 0) is 18.3 Å². The lowest BCUT2D eigenvalue weighted by molar-refractivity contribution is -0.146. The molecule has 0 saturated heterocycles. The van der Waals surface area contributed by atoms with Gasteiger partial charge in [-0.05, 0) is 47.8 Å². The molecule has 0 spiro atoms. The molecule has 0 aliphatic rings. The van der Waals surface area contributed by atoms with Crippen molar-refractivity contribution in [3.05, 3.63) is 34.4 Å². The van der Waals surface area contributed by atoms with Crippen molar-refractivity contribution in [1.29, 1.82) is 0 Å². The average molecular weight is 310 g/mol. The van der Waals surface area contributed by atoms with E-state index in [1.165, 1.54) is 0 Å². The van der Waals surface area contributed by atoms with E-state index in [1.54, 1.807) is 13.8 Å². The van der Waals surface area contributed by atoms with Gasteiger partial charge in [0.15, 0.2) is 0 Å². The van der Waals surface area contributed by atoms with Crippen LogP contribution in [0.3, 0.4) is 0 Å². The molecule has 0 amide bonds. The summed E-state index contributed by atoms with van der Waals surface area (Å²) < 4.78 is 3.06. The lowest BCUT2D eigenvalue weighted by atomic mass is 9.86. The second kappa shape index (κ2) is 4.43. The fourth-order valence-electron chi connectivity index (χ4n) is 2.19. The largest absolute Gasteiger partial charge is 0.481 e. The maximum absolute atomic E-state index is 11.2. The molecule has 0 atom stereocenters. The van der Waals surface area contributed by atoms with Crippen LogP contribution in [0.5, 0.6) is 0 Å². The van der Waals surface area contributed by atoms with E-state index in [9.17, 15) is 9.90 Å². The summed E-state index contributed by atoms with van der Waals surface area (Å²) in [6.45, 7) is 3.51. The van der Waals surface area contributed by atoms with E-state index in [1.807, 2.05) is 36.0 Å². The summed E-state index contributed by atoms with van der Waals surface area (Å²) in [6, 6.07) is 6.01. The van der Waals surface area contributed by atoms with E-state index in [0.717, 1.165) is 20.9 Å². The van der Waals surface area contributed by atoms with Gasteiger partial charge in [-0.1, -0.05) is 12.1 Å². The van der Waals surface area contributed by atoms with Crippen LogP contribution in [-0.4, -0.2) is 15.6 Å². The van der Waals surface area contributed by atoms with Crippen molar-refractivity contribution in [3.8, 4) is 0 Å². The molecule has 2 aromatic rings. The molecule has 3 nitrogen and oxygen atoms in total. The molecule has 1 heterocycles. The number of carbonyl (C=O) groups is 1. The number of aromatic nitrogens is 1. The Balaban J connectivity index is 2.54. The quantitative estimate of drug-likeness (QED) is 0.941. The van der Waals surface area contributed by atoms with Crippen molar-refractivity contribution in [1.82, 2.24) is 4.57 Å². The minimum atomic E-state index is -0.769. The fourth-order valence-corrected chi connectivity index (χ4v) is 2.84. The Morgan fingerprint density at radius 2 is 2.11 bits per heavy atom. The van der Waals surface area contributed by atoms with E-state index in [4.69, 9.17) is 0 Å². The smallest absolute Gasteiger partial charge is 0.309 e. The zero-order valence-electron chi connectivity index (χ0n) is 10.7. The Morgan fingerprint density at radius 3 is 2.72 bits per heavy atom. The molecule has 1 aromatic carbocycles. The second-order valence-corrected chi connectivity index (χ2v) is 6.12. The van der Waals surface area contributed by atoms with Crippen molar-refractivity contribution >= 4 is 32.8 Å². The van der Waals surface area contributed by atoms with Crippen LogP contribution in [0.4, 0.5) is 0 Å². The molecule has 0 aliphatic heterocycles. The highest BCUT2D eigenvalue weighted by Crippen LogP contribution is 2.31. The number of nitrogens with zero attached hydrogens (tertiary/aromatic N) is 1. The van der Waals surface area contributed by atoms with Crippen LogP contribution in [0, 0.1) is 5.41 Å². The van der Waals surface area contributed by atoms with Crippen LogP contribution in [0.25, 0.3) is 10.9 Å². The lowest BCUT2D eigenvalue weighted by Gasteiger charge is -2.18. The first-order valence-corrected chi connectivity index (χ1v) is 6.58. The second-order valence-electron chi connectivity index (χ2n) is 5.27. The third kappa shape index (κ3) is 2.17. The van der Waals surface area contributed by atoms with Gasteiger partial charge in [0.2, 0.25) is 0 Å². The Hall–Kier alpha value is -1.29. The monoisotopic (exact) mass is 309 g/mol. The van der Waals surface area contributed by atoms with Gasteiger partial charge in [0.25, 0.3) is 0 Å². The molecule has 0 fully saturated rings. The fraction of sp³-hybridized carbons (Fsp3) is 0.357. The average Bonchev–Trinajstić information content (AvgIpc) is 2.56. The highest BCUT2D eigenvalue weighted by atomic mass is 79.9. The van der Waals surface area contributed by atoms with Gasteiger partial charge in [0, 0.05) is 23.1 Å². The van der Waals surface area contributed by atoms with E-state index >= 15 is 0 Å². The standard InChI is InChI=1S/C14H16BrNO2/c1-14(2,13(17)18)7-9-8-16(3)12-10(9)5-4-6-11(12)15/h4-6,8H,7H2,1-3H3,(H,17,18). The summed E-state index contributed by atoms with van der Waals surface area (Å²) in [5.41, 5.74) is 1.42. The van der Waals surface area contributed by atoms with E-state index < -0.39 is 11.4 Å². The molecule has 4 heteroatoms. The molecule has 0 saturated carbocycles. The topological polar surface area (TPSA) is 42.2 Å². The highest BCUT2D eigenvalue weighted by molar-refractivity contribution is 9.10. The number of para-hydroxylation sites is 1. The van der Waals surface area contributed by atoms with Crippen molar-refractivity contribution in [2.45, 2.75) is 20.3 Å². The Bertz CT molecular complexity index is 614. The zero-order chi connectivity index (χ0) is 13.5. The third-order valence-electron chi connectivity index (χ3n) is 3.25. The van der Waals surface area contributed by atoms with Crippen LogP contribution in [0.1, 0.15) is 19.4 Å². The molecule has 0 radical (unpaired) electrons. The SMILES string of the molecule is Cn1cc(CC(C)(C)C(=O)O)c2cccc(Br)c21. The molecule has 0 aliphatic carbocycles. The van der Waals surface area contributed by atoms with E-state index in [-0.39, 0.29) is 0 Å². The van der Waals surface area contributed by atoms with Gasteiger partial charge in [0.1, 0.15) is 0 Å². The van der Waals surface area contributed by atoms with Gasteiger partial charge < -0.3 is 9.67 Å². The Kier molecular flexibility index (Phi) is 3.23. The number of carboxylic acid groups (broad SMARTS) is 1. The number of benzene rings is 1. The third-order valence-corrected chi connectivity index (χ3v) is 3.89. The molecule has 2 rings (SSSR count). The van der Waals surface area contributed by atoms with Crippen LogP contribution < -0.4 is 0 Å². The van der Waals surface area contributed by atoms with Gasteiger partial charge in [0.05, 0.1) is 10.9 Å². The number of carboxylic acids is 1. The molecule has 0 bridgehead atoms. The molecule has 18 heavy (non-hydrogen) atoms.